The SMILES string of the molecule is C[C@@H](O)[C@H](NC(=O)c1ccc(C#Cc2ccc(CCC3CCCC3)cc2)cc1)C(=O)CO. The second-order valence-corrected chi connectivity index (χ2v) is 8.53. The van der Waals surface area contributed by atoms with E-state index >= 15 is 0 Å². The maximum atomic E-state index is 12.3. The molecule has 2 atom stereocenters. The van der Waals surface area contributed by atoms with Gasteiger partial charge in [-0.2, -0.15) is 0 Å². The van der Waals surface area contributed by atoms with Gasteiger partial charge in [0, 0.05) is 16.7 Å². The summed E-state index contributed by atoms with van der Waals surface area (Å²) < 4.78 is 0. The standard InChI is InChI=1S/C27H31NO4/c1-19(30)26(25(31)18-29)28-27(32)24-16-14-23(15-17-24)13-12-22-10-8-21(9-11-22)7-6-20-4-2-3-5-20/h8-11,14-17,19-20,26,29-30H,2-7,18H2,1H3,(H,28,32)/t19-,26+/m1/s1. The highest BCUT2D eigenvalue weighted by molar-refractivity contribution is 5.98. The van der Waals surface area contributed by atoms with Crippen LogP contribution in [0.5, 0.6) is 0 Å². The summed E-state index contributed by atoms with van der Waals surface area (Å²) in [6.07, 6.45) is 6.84. The van der Waals surface area contributed by atoms with Gasteiger partial charge >= 0.3 is 0 Å². The van der Waals surface area contributed by atoms with Crippen molar-refractivity contribution in [3.8, 4) is 11.8 Å². The van der Waals surface area contributed by atoms with Gasteiger partial charge in [-0.3, -0.25) is 9.59 Å². The van der Waals surface area contributed by atoms with Crippen LogP contribution in [0.4, 0.5) is 0 Å². The Morgan fingerprint density at radius 2 is 1.56 bits per heavy atom. The van der Waals surface area contributed by atoms with E-state index in [0.29, 0.717) is 5.56 Å². The van der Waals surface area contributed by atoms with Gasteiger partial charge in [-0.15, -0.1) is 0 Å². The summed E-state index contributed by atoms with van der Waals surface area (Å²) in [5.74, 6) is 6.01. The lowest BCUT2D eigenvalue weighted by Gasteiger charge is -2.19. The predicted molar refractivity (Wildman–Crippen MR) is 124 cm³/mol. The first kappa shape index (κ1) is 23.7. The molecule has 2 aromatic carbocycles. The number of carbonyl (C=O) groups excluding carboxylic acids is 2. The molecule has 0 spiro atoms. The van der Waals surface area contributed by atoms with E-state index in [1.54, 1.807) is 24.3 Å². The van der Waals surface area contributed by atoms with Crippen LogP contribution in [-0.2, 0) is 11.2 Å². The fraction of sp³-hybridized carbons (Fsp3) is 0.407. The van der Waals surface area contributed by atoms with Crippen LogP contribution in [0.2, 0.25) is 0 Å². The molecule has 0 bridgehead atoms. The zero-order valence-corrected chi connectivity index (χ0v) is 18.5. The van der Waals surface area contributed by atoms with Gasteiger partial charge in [0.15, 0.2) is 5.78 Å². The number of Topliss-reactive ketones (excluding diaryl/α,β-unsaturated/α-hetero) is 1. The number of aliphatic hydroxyl groups is 2. The minimum absolute atomic E-state index is 0.346. The second-order valence-electron chi connectivity index (χ2n) is 8.53. The van der Waals surface area contributed by atoms with E-state index in [1.807, 2.05) is 12.1 Å². The third kappa shape index (κ3) is 6.78. The maximum Gasteiger partial charge on any atom is 0.251 e. The van der Waals surface area contributed by atoms with Crippen molar-refractivity contribution < 1.29 is 19.8 Å². The monoisotopic (exact) mass is 433 g/mol. The fourth-order valence-corrected chi connectivity index (χ4v) is 4.07. The smallest absolute Gasteiger partial charge is 0.251 e. The van der Waals surface area contributed by atoms with Crippen LogP contribution in [-0.4, -0.2) is 40.7 Å². The second kappa shape index (κ2) is 11.6. The first-order valence-corrected chi connectivity index (χ1v) is 11.3. The van der Waals surface area contributed by atoms with Crippen molar-refractivity contribution in [3.63, 3.8) is 0 Å². The number of amides is 1. The summed E-state index contributed by atoms with van der Waals surface area (Å²) in [5, 5.41) is 21.1. The molecule has 5 heteroatoms. The molecule has 0 saturated heterocycles. The van der Waals surface area contributed by atoms with Crippen LogP contribution in [0.25, 0.3) is 0 Å². The van der Waals surface area contributed by atoms with Gasteiger partial charge in [0.05, 0.1) is 6.10 Å². The Bertz CT molecular complexity index is 961. The van der Waals surface area contributed by atoms with Gasteiger partial charge in [0.1, 0.15) is 12.6 Å². The van der Waals surface area contributed by atoms with Crippen LogP contribution in [0.3, 0.4) is 0 Å². The van der Waals surface area contributed by atoms with Crippen molar-refractivity contribution in [3.05, 3.63) is 70.8 Å². The molecule has 2 aromatic rings. The van der Waals surface area contributed by atoms with E-state index < -0.39 is 30.4 Å². The maximum absolute atomic E-state index is 12.3. The summed E-state index contributed by atoms with van der Waals surface area (Å²) in [6.45, 7) is 0.644. The minimum atomic E-state index is -1.15. The third-order valence-electron chi connectivity index (χ3n) is 6.04. The quantitative estimate of drug-likeness (QED) is 0.558. The Morgan fingerprint density at radius 3 is 2.09 bits per heavy atom. The van der Waals surface area contributed by atoms with Gasteiger partial charge in [-0.25, -0.2) is 0 Å². The molecule has 168 valence electrons. The fourth-order valence-electron chi connectivity index (χ4n) is 4.07. The van der Waals surface area contributed by atoms with Gasteiger partial charge in [-0.05, 0) is 67.6 Å². The van der Waals surface area contributed by atoms with E-state index in [9.17, 15) is 14.7 Å². The number of benzene rings is 2. The van der Waals surface area contributed by atoms with E-state index in [4.69, 9.17) is 5.11 Å². The Labute approximate surface area is 189 Å². The molecule has 1 fully saturated rings. The predicted octanol–water partition coefficient (Wildman–Crippen LogP) is 3.25. The van der Waals surface area contributed by atoms with Crippen molar-refractivity contribution in [2.75, 3.05) is 6.61 Å². The van der Waals surface area contributed by atoms with E-state index in [-0.39, 0.29) is 0 Å². The number of rotatable bonds is 8. The molecule has 1 aliphatic rings. The molecule has 1 amide bonds. The summed E-state index contributed by atoms with van der Waals surface area (Å²) in [4.78, 5) is 24.0. The van der Waals surface area contributed by atoms with Crippen LogP contribution in [0.1, 0.15) is 66.1 Å². The molecule has 0 aromatic heterocycles. The van der Waals surface area contributed by atoms with Gasteiger partial charge in [0.25, 0.3) is 5.91 Å². The first-order chi connectivity index (χ1) is 15.5. The summed E-state index contributed by atoms with van der Waals surface area (Å²) in [6, 6.07) is 14.0. The molecule has 5 nitrogen and oxygen atoms in total. The Kier molecular flexibility index (Phi) is 8.61. The molecule has 32 heavy (non-hydrogen) atoms. The average Bonchev–Trinajstić information content (AvgIpc) is 3.34. The largest absolute Gasteiger partial charge is 0.391 e. The summed E-state index contributed by atoms with van der Waals surface area (Å²) in [7, 11) is 0. The lowest BCUT2D eigenvalue weighted by atomic mass is 9.98. The van der Waals surface area contributed by atoms with Gasteiger partial charge in [-0.1, -0.05) is 49.7 Å². The molecule has 3 N–H and O–H groups in total. The molecule has 1 aliphatic carbocycles. The minimum Gasteiger partial charge on any atom is -0.391 e. The van der Waals surface area contributed by atoms with Crippen molar-refractivity contribution >= 4 is 11.7 Å². The molecule has 1 saturated carbocycles. The molecule has 0 unspecified atom stereocenters. The third-order valence-corrected chi connectivity index (χ3v) is 6.04. The zero-order valence-electron chi connectivity index (χ0n) is 18.5. The summed E-state index contributed by atoms with van der Waals surface area (Å²) >= 11 is 0. The molecule has 0 aliphatic heterocycles. The zero-order chi connectivity index (χ0) is 22.9. The Morgan fingerprint density at radius 1 is 1.00 bits per heavy atom. The van der Waals surface area contributed by atoms with Crippen LogP contribution in [0, 0.1) is 17.8 Å². The van der Waals surface area contributed by atoms with Crippen molar-refractivity contribution in [1.82, 2.24) is 5.32 Å². The number of aryl methyl sites for hydroxylation is 1. The van der Waals surface area contributed by atoms with E-state index in [2.05, 4.69) is 29.3 Å². The number of nitrogens with one attached hydrogen (secondary N) is 1. The van der Waals surface area contributed by atoms with Crippen LogP contribution in [0.15, 0.2) is 48.5 Å². The number of aliphatic hydroxyl groups excluding tert-OH is 2. The number of ketones is 1. The Hall–Kier alpha value is -2.94. The lowest BCUT2D eigenvalue weighted by Crippen LogP contribution is -2.48. The summed E-state index contributed by atoms with van der Waals surface area (Å²) in [5.41, 5.74) is 3.41. The topological polar surface area (TPSA) is 86.6 Å². The number of carbonyl (C=O) groups is 2. The van der Waals surface area contributed by atoms with Crippen molar-refractivity contribution in [2.24, 2.45) is 5.92 Å². The number of hydrogen-bond donors (Lipinski definition) is 3. The normalized spacial score (nSPS) is 15.5. The van der Waals surface area contributed by atoms with E-state index in [0.717, 1.165) is 23.5 Å². The molecular weight excluding hydrogens is 402 g/mol. The van der Waals surface area contributed by atoms with Crippen LogP contribution >= 0.6 is 0 Å². The van der Waals surface area contributed by atoms with Crippen molar-refractivity contribution in [2.45, 2.75) is 57.6 Å². The molecule has 3 rings (SSSR count). The highest BCUT2D eigenvalue weighted by Crippen LogP contribution is 2.28. The van der Waals surface area contributed by atoms with Crippen LogP contribution < -0.4 is 5.32 Å². The lowest BCUT2D eigenvalue weighted by molar-refractivity contribution is -0.125. The van der Waals surface area contributed by atoms with Gasteiger partial charge < -0.3 is 15.5 Å². The highest BCUT2D eigenvalue weighted by Gasteiger charge is 2.25. The number of hydrogen-bond acceptors (Lipinski definition) is 4. The first-order valence-electron chi connectivity index (χ1n) is 11.3. The van der Waals surface area contributed by atoms with Crippen molar-refractivity contribution in [1.29, 1.82) is 0 Å². The Balaban J connectivity index is 1.56. The molecule has 0 radical (unpaired) electrons. The van der Waals surface area contributed by atoms with Gasteiger partial charge in [0.2, 0.25) is 0 Å². The average molecular weight is 434 g/mol. The van der Waals surface area contributed by atoms with E-state index in [1.165, 1.54) is 44.6 Å². The molecule has 0 heterocycles. The highest BCUT2D eigenvalue weighted by atomic mass is 16.3. The molecular formula is C27H31NO4.